The molecule has 2 rings (SSSR count). The molecule has 1 aromatic rings. The van der Waals surface area contributed by atoms with Crippen LogP contribution in [0.5, 0.6) is 0 Å². The van der Waals surface area contributed by atoms with Crippen LogP contribution < -0.4 is 0 Å². The molecule has 1 saturated heterocycles. The van der Waals surface area contributed by atoms with Crippen LogP contribution in [0.3, 0.4) is 0 Å². The summed E-state index contributed by atoms with van der Waals surface area (Å²) < 4.78 is 32.3. The third-order valence-electron chi connectivity index (χ3n) is 1.85. The Bertz CT molecular complexity index is 521. The fraction of sp³-hybridized carbons (Fsp3) is 0.250. The van der Waals surface area contributed by atoms with E-state index < -0.39 is 21.3 Å². The molecule has 0 unspecified atom stereocenters. The molecule has 1 fully saturated rings. The summed E-state index contributed by atoms with van der Waals surface area (Å²) in [7, 11) is -3.98. The molecular weight excluding hydrogens is 238 g/mol. The second-order valence-corrected chi connectivity index (χ2v) is 4.64. The normalized spacial score (nSPS) is 19.4. The fourth-order valence-electron chi connectivity index (χ4n) is 1.04. The van der Waals surface area contributed by atoms with Gasteiger partial charge in [-0.15, -0.1) is 0 Å². The standard InChI is InChI=1S/C8H7NO6S/c10-9(11)6-2-1-3-7(4-6)16(12,13)15-8-5-14-8/h1-4,8H,5H2/t8-/m0/s1. The van der Waals surface area contributed by atoms with Gasteiger partial charge in [0.05, 0.1) is 4.92 Å². The smallest absolute Gasteiger partial charge is 0.299 e. The number of nitro benzene ring substituents is 1. The van der Waals surface area contributed by atoms with Crippen molar-refractivity contribution < 1.29 is 22.3 Å². The molecule has 86 valence electrons. The Hall–Kier alpha value is -1.51. The Morgan fingerprint density at radius 2 is 2.19 bits per heavy atom. The first-order valence-electron chi connectivity index (χ1n) is 4.28. The van der Waals surface area contributed by atoms with E-state index in [-0.39, 0.29) is 17.2 Å². The molecule has 0 aromatic heterocycles. The quantitative estimate of drug-likeness (QED) is 0.334. The third-order valence-corrected chi connectivity index (χ3v) is 3.15. The molecule has 0 radical (unpaired) electrons. The molecule has 0 N–H and O–H groups in total. The highest BCUT2D eigenvalue weighted by Gasteiger charge is 2.31. The summed E-state index contributed by atoms with van der Waals surface area (Å²) in [4.78, 5) is 9.53. The van der Waals surface area contributed by atoms with E-state index in [0.29, 0.717) is 0 Å². The van der Waals surface area contributed by atoms with Gasteiger partial charge in [-0.05, 0) is 6.07 Å². The van der Waals surface area contributed by atoms with Gasteiger partial charge in [0, 0.05) is 12.1 Å². The minimum absolute atomic E-state index is 0.216. The minimum Gasteiger partial charge on any atom is -0.344 e. The molecule has 7 nitrogen and oxygen atoms in total. The maximum Gasteiger partial charge on any atom is 0.299 e. The number of non-ortho nitro benzene ring substituents is 1. The topological polar surface area (TPSA) is 99.0 Å². The summed E-state index contributed by atoms with van der Waals surface area (Å²) in [5.74, 6) is 0. The van der Waals surface area contributed by atoms with E-state index in [0.717, 1.165) is 6.07 Å². The van der Waals surface area contributed by atoms with E-state index in [4.69, 9.17) is 0 Å². The van der Waals surface area contributed by atoms with Gasteiger partial charge in [-0.3, -0.25) is 10.1 Å². The summed E-state index contributed by atoms with van der Waals surface area (Å²) in [5, 5.41) is 10.5. The van der Waals surface area contributed by atoms with Crippen molar-refractivity contribution >= 4 is 15.8 Å². The van der Waals surface area contributed by atoms with Gasteiger partial charge in [-0.1, -0.05) is 6.07 Å². The second-order valence-electron chi connectivity index (χ2n) is 3.07. The summed E-state index contributed by atoms with van der Waals surface area (Å²) in [5.41, 5.74) is -0.304. The van der Waals surface area contributed by atoms with E-state index in [2.05, 4.69) is 8.92 Å². The number of epoxide rings is 1. The fourth-order valence-corrected chi connectivity index (χ4v) is 2.06. The first-order chi connectivity index (χ1) is 7.49. The average molecular weight is 245 g/mol. The van der Waals surface area contributed by atoms with Crippen LogP contribution in [0.15, 0.2) is 29.2 Å². The molecule has 0 spiro atoms. The maximum absolute atomic E-state index is 11.5. The SMILES string of the molecule is O=[N+]([O-])c1cccc(S(=O)(=O)O[C@H]2CO2)c1. The van der Waals surface area contributed by atoms with Crippen LogP contribution in [0.25, 0.3) is 0 Å². The zero-order valence-corrected chi connectivity index (χ0v) is 8.72. The minimum atomic E-state index is -3.98. The predicted octanol–water partition coefficient (Wildman–Crippen LogP) is 0.656. The first kappa shape index (κ1) is 11.0. The number of hydrogen-bond donors (Lipinski definition) is 0. The number of nitro groups is 1. The predicted molar refractivity (Wildman–Crippen MR) is 51.1 cm³/mol. The highest BCUT2D eigenvalue weighted by Crippen LogP contribution is 2.23. The largest absolute Gasteiger partial charge is 0.344 e. The number of ether oxygens (including phenoxy) is 1. The molecule has 0 bridgehead atoms. The molecule has 1 aromatic carbocycles. The molecule has 1 aliphatic rings. The number of hydrogen-bond acceptors (Lipinski definition) is 6. The van der Waals surface area contributed by atoms with Gasteiger partial charge in [-0.25, -0.2) is 4.18 Å². The van der Waals surface area contributed by atoms with Crippen LogP contribution in [-0.2, 0) is 19.0 Å². The van der Waals surface area contributed by atoms with E-state index in [1.165, 1.54) is 18.2 Å². The van der Waals surface area contributed by atoms with Crippen molar-refractivity contribution in [1.82, 2.24) is 0 Å². The summed E-state index contributed by atoms with van der Waals surface area (Å²) in [6.45, 7) is 0.216. The van der Waals surface area contributed by atoms with Gasteiger partial charge < -0.3 is 4.74 Å². The molecule has 1 atom stereocenters. The third kappa shape index (κ3) is 2.35. The molecule has 1 heterocycles. The van der Waals surface area contributed by atoms with Crippen LogP contribution in [0.4, 0.5) is 5.69 Å². The lowest BCUT2D eigenvalue weighted by atomic mass is 10.3. The van der Waals surface area contributed by atoms with E-state index >= 15 is 0 Å². The maximum atomic E-state index is 11.5. The Morgan fingerprint density at radius 1 is 1.50 bits per heavy atom. The molecule has 0 saturated carbocycles. The van der Waals surface area contributed by atoms with Crippen LogP contribution >= 0.6 is 0 Å². The van der Waals surface area contributed by atoms with Crippen LogP contribution in [0.1, 0.15) is 0 Å². The lowest BCUT2D eigenvalue weighted by Gasteiger charge is -2.02. The summed E-state index contributed by atoms with van der Waals surface area (Å²) in [6, 6.07) is 4.65. The van der Waals surface area contributed by atoms with Gasteiger partial charge in [0.2, 0.25) is 0 Å². The highest BCUT2D eigenvalue weighted by atomic mass is 32.2. The van der Waals surface area contributed by atoms with Crippen molar-refractivity contribution in [3.63, 3.8) is 0 Å². The molecule has 16 heavy (non-hydrogen) atoms. The zero-order chi connectivity index (χ0) is 11.8. The van der Waals surface area contributed by atoms with Crippen molar-refractivity contribution in [2.75, 3.05) is 6.61 Å². The van der Waals surface area contributed by atoms with Crippen molar-refractivity contribution in [3.05, 3.63) is 34.4 Å². The van der Waals surface area contributed by atoms with Gasteiger partial charge in [0.25, 0.3) is 15.8 Å². The Labute approximate surface area is 90.9 Å². The second kappa shape index (κ2) is 3.81. The lowest BCUT2D eigenvalue weighted by Crippen LogP contribution is -2.08. The van der Waals surface area contributed by atoms with Gasteiger partial charge >= 0.3 is 0 Å². The Kier molecular flexibility index (Phi) is 2.62. The zero-order valence-electron chi connectivity index (χ0n) is 7.90. The van der Waals surface area contributed by atoms with Gasteiger partial charge in [0.15, 0.2) is 6.29 Å². The monoisotopic (exact) mass is 245 g/mol. The van der Waals surface area contributed by atoms with E-state index in [9.17, 15) is 18.5 Å². The number of benzene rings is 1. The average Bonchev–Trinajstić information content (AvgIpc) is 3.01. The number of rotatable bonds is 4. The van der Waals surface area contributed by atoms with E-state index in [1.54, 1.807) is 0 Å². The Morgan fingerprint density at radius 3 is 2.75 bits per heavy atom. The molecule has 8 heteroatoms. The summed E-state index contributed by atoms with van der Waals surface area (Å²) >= 11 is 0. The molecule has 1 aliphatic heterocycles. The lowest BCUT2D eigenvalue weighted by molar-refractivity contribution is -0.385. The van der Waals surface area contributed by atoms with Crippen molar-refractivity contribution in [3.8, 4) is 0 Å². The Balaban J connectivity index is 2.31. The van der Waals surface area contributed by atoms with Crippen molar-refractivity contribution in [2.45, 2.75) is 11.2 Å². The van der Waals surface area contributed by atoms with E-state index in [1.807, 2.05) is 0 Å². The van der Waals surface area contributed by atoms with Crippen LogP contribution in [-0.4, -0.2) is 26.2 Å². The highest BCUT2D eigenvalue weighted by molar-refractivity contribution is 7.86. The molecule has 0 aliphatic carbocycles. The van der Waals surface area contributed by atoms with Crippen molar-refractivity contribution in [1.29, 1.82) is 0 Å². The van der Waals surface area contributed by atoms with Gasteiger partial charge in [-0.2, -0.15) is 8.42 Å². The molecule has 0 amide bonds. The van der Waals surface area contributed by atoms with Crippen LogP contribution in [0.2, 0.25) is 0 Å². The first-order valence-corrected chi connectivity index (χ1v) is 5.69. The molecular formula is C8H7NO6S. The summed E-state index contributed by atoms with van der Waals surface area (Å²) in [6.07, 6.45) is -0.760. The van der Waals surface area contributed by atoms with Crippen molar-refractivity contribution in [2.24, 2.45) is 0 Å². The number of nitrogens with zero attached hydrogens (tertiary/aromatic N) is 1. The van der Waals surface area contributed by atoms with Gasteiger partial charge in [0.1, 0.15) is 11.5 Å². The van der Waals surface area contributed by atoms with Crippen LogP contribution in [0, 0.1) is 10.1 Å².